The number of hydrogen-bond acceptors (Lipinski definition) is 14. The first-order chi connectivity index (χ1) is 32.0. The highest BCUT2D eigenvalue weighted by atomic mass is 16.7. The molecule has 2 aromatic rings. The molecule has 1 saturated heterocycles. The molecular weight excluding hydrogens is 871 g/mol. The summed E-state index contributed by atoms with van der Waals surface area (Å²) in [4.78, 5) is 55.5. The van der Waals surface area contributed by atoms with Crippen molar-refractivity contribution in [3.63, 3.8) is 0 Å². The standard InChI is InChI=1S/C52H75N5O11/c1-14-57(15-2,16-3)27-36(58)67-47-31(8)35(65-13)20-25-66-51(12)49(63)39-37-38(45(61)34(11)48(39)68-51)46(62)42(41-40(37)54-52(55-41)21-23-56(24-22-52)26-28(4)5)53-50(64)30(7)19-17-18-29(6)43(59)32(9)44(60)33(47)10/h17-20,25,28-29,31-33,35,43-44,47,59-60H,14-16,21-24,26-27H2,1-13H3,(H2-,53,54,55,61,62,63,64)/p+1/b18-17+,25-20+,30-19-/t29-,31+,32+,33+,35-,43-,44+,47+,51-/m0/s1. The van der Waals surface area contributed by atoms with Gasteiger partial charge in [-0.15, -0.1) is 0 Å². The SMILES string of the molecule is CC[N+](CC)(CC)CC(=O)O[C@H]1[C@H](C)[C@H](O)[C@H](C)[C@@H](O)[C@@H](C)/C=C/C=C(/C)C(=O)Nc2c(O)c3c(O)c(C)c4c(c3c3c2=NC2(CCN(CC(C)C)CC2)N=3)C(=O)[C@@](C)(O/C=C/[C@H](OC)[C@H]1C)O4. The number of carbonyl (C=O) groups is 3. The molecule has 0 aromatic heterocycles. The number of quaternary nitrogens is 1. The summed E-state index contributed by atoms with van der Waals surface area (Å²) in [5, 5.41) is 51.0. The number of methoxy groups -OCH3 is 1. The number of aromatic hydroxyl groups is 2. The number of allylic oxidation sites excluding steroid dienone is 2. The first-order valence-corrected chi connectivity index (χ1v) is 24.5. The van der Waals surface area contributed by atoms with Crippen LogP contribution >= 0.6 is 0 Å². The van der Waals surface area contributed by atoms with Crippen molar-refractivity contribution in [3.8, 4) is 17.2 Å². The zero-order valence-electron chi connectivity index (χ0n) is 42.4. The van der Waals surface area contributed by atoms with Crippen LogP contribution in [0.5, 0.6) is 17.2 Å². The molecule has 5 bridgehead atoms. The number of esters is 1. The predicted octanol–water partition coefficient (Wildman–Crippen LogP) is 5.61. The summed E-state index contributed by atoms with van der Waals surface area (Å²) < 4.78 is 25.4. The van der Waals surface area contributed by atoms with Gasteiger partial charge in [-0.1, -0.05) is 59.8 Å². The van der Waals surface area contributed by atoms with Gasteiger partial charge in [-0.2, -0.15) is 0 Å². The highest BCUT2D eigenvalue weighted by Crippen LogP contribution is 2.50. The Balaban J connectivity index is 1.50. The maximum atomic E-state index is 14.9. The summed E-state index contributed by atoms with van der Waals surface area (Å²) in [5.41, 5.74) is -0.571. The molecular formula is C52H76N5O11+. The third-order valence-electron chi connectivity index (χ3n) is 15.3. The van der Waals surface area contributed by atoms with E-state index in [0.717, 1.165) is 26.2 Å². The number of likely N-dealkylation sites (tertiary alicyclic amines) is 1. The number of hydrogen-bond donors (Lipinski definition) is 5. The molecule has 5 aliphatic rings. The first-order valence-electron chi connectivity index (χ1n) is 24.5. The Morgan fingerprint density at radius 2 is 1.56 bits per heavy atom. The number of carbonyl (C=O) groups excluding carboxylic acids is 3. The molecule has 5 heterocycles. The van der Waals surface area contributed by atoms with Crippen LogP contribution in [-0.2, 0) is 23.8 Å². The van der Waals surface area contributed by atoms with Gasteiger partial charge >= 0.3 is 11.8 Å². The van der Waals surface area contributed by atoms with E-state index in [0.29, 0.717) is 36.3 Å². The maximum Gasteiger partial charge on any atom is 0.362 e. The molecule has 0 aliphatic carbocycles. The van der Waals surface area contributed by atoms with Gasteiger partial charge in [0, 0.05) is 86.7 Å². The number of anilines is 1. The number of aliphatic hydroxyl groups is 2. The van der Waals surface area contributed by atoms with Gasteiger partial charge in [0.2, 0.25) is 0 Å². The summed E-state index contributed by atoms with van der Waals surface area (Å²) in [6, 6.07) is 0. The average Bonchev–Trinajstić information content (AvgIpc) is 3.81. The number of nitrogens with zero attached hydrogens (tertiary/aromatic N) is 4. The molecule has 2 aromatic carbocycles. The molecule has 9 atom stereocenters. The van der Waals surface area contributed by atoms with Crippen molar-refractivity contribution in [2.75, 3.05) is 58.2 Å². The summed E-state index contributed by atoms with van der Waals surface area (Å²) in [7, 11) is 1.50. The third kappa shape index (κ3) is 9.94. The summed E-state index contributed by atoms with van der Waals surface area (Å²) in [6.07, 6.45) is 5.06. The fraction of sp³-hybridized carbons (Fsp3) is 0.635. The number of fused-ring (bicyclic) bond motifs is 13. The van der Waals surface area contributed by atoms with Gasteiger partial charge in [0.15, 0.2) is 18.0 Å². The summed E-state index contributed by atoms with van der Waals surface area (Å²) >= 11 is 0. The van der Waals surface area contributed by atoms with Crippen molar-refractivity contribution in [3.05, 3.63) is 58.0 Å². The number of rotatable bonds is 9. The van der Waals surface area contributed by atoms with Crippen LogP contribution in [0, 0.1) is 36.5 Å². The molecule has 68 heavy (non-hydrogen) atoms. The Morgan fingerprint density at radius 3 is 2.16 bits per heavy atom. The van der Waals surface area contributed by atoms with Gasteiger partial charge in [0.1, 0.15) is 28.6 Å². The van der Waals surface area contributed by atoms with E-state index in [1.807, 2.05) is 27.7 Å². The van der Waals surface area contributed by atoms with Crippen molar-refractivity contribution < 1.29 is 58.2 Å². The first kappa shape index (κ1) is 52.5. The van der Waals surface area contributed by atoms with Gasteiger partial charge in [0.25, 0.3) is 11.7 Å². The Kier molecular flexibility index (Phi) is 15.9. The van der Waals surface area contributed by atoms with Crippen LogP contribution in [-0.4, -0.2) is 136 Å². The number of amides is 1. The van der Waals surface area contributed by atoms with Crippen LogP contribution in [0.3, 0.4) is 0 Å². The van der Waals surface area contributed by atoms with E-state index in [-0.39, 0.29) is 61.9 Å². The molecule has 1 fully saturated rings. The number of ether oxygens (including phenoxy) is 4. The number of phenols is 2. The highest BCUT2D eigenvalue weighted by molar-refractivity contribution is 6.19. The molecule has 374 valence electrons. The van der Waals surface area contributed by atoms with E-state index in [1.165, 1.54) is 20.3 Å². The lowest BCUT2D eigenvalue weighted by Crippen LogP contribution is -2.53. The predicted molar refractivity (Wildman–Crippen MR) is 259 cm³/mol. The number of benzene rings is 2. The molecule has 1 spiro atoms. The van der Waals surface area contributed by atoms with Crippen molar-refractivity contribution in [1.82, 2.24) is 4.90 Å². The van der Waals surface area contributed by atoms with Gasteiger partial charge in [-0.25, -0.2) is 4.79 Å². The Labute approximate surface area is 401 Å². The monoisotopic (exact) mass is 947 g/mol. The number of nitrogens with one attached hydrogen (secondary N) is 1. The molecule has 16 heteroatoms. The zero-order valence-corrected chi connectivity index (χ0v) is 42.4. The molecule has 1 amide bonds. The molecule has 16 nitrogen and oxygen atoms in total. The largest absolute Gasteiger partial charge is 0.507 e. The number of ketones is 1. The summed E-state index contributed by atoms with van der Waals surface area (Å²) in [5.74, 6) is -6.40. The van der Waals surface area contributed by atoms with Crippen LogP contribution < -0.4 is 20.8 Å². The highest BCUT2D eigenvalue weighted by Gasteiger charge is 2.50. The second-order valence-electron chi connectivity index (χ2n) is 20.3. The Hall–Kier alpha value is -4.87. The lowest BCUT2D eigenvalue weighted by atomic mass is 9.78. The van der Waals surface area contributed by atoms with Gasteiger partial charge in [-0.3, -0.25) is 19.6 Å². The normalized spacial score (nSPS) is 30.8. The smallest absolute Gasteiger partial charge is 0.362 e. The van der Waals surface area contributed by atoms with E-state index in [4.69, 9.17) is 28.9 Å². The van der Waals surface area contributed by atoms with Crippen LogP contribution in [0.4, 0.5) is 5.69 Å². The van der Waals surface area contributed by atoms with Crippen LogP contribution in [0.2, 0.25) is 0 Å². The number of Topliss-reactive ketones (excluding diaryl/α,β-unsaturated/α-hetero) is 1. The zero-order chi connectivity index (χ0) is 50.2. The van der Waals surface area contributed by atoms with E-state index in [1.54, 1.807) is 58.9 Å². The maximum absolute atomic E-state index is 14.9. The van der Waals surface area contributed by atoms with E-state index < -0.39 is 82.9 Å². The number of piperidine rings is 1. The van der Waals surface area contributed by atoms with E-state index in [9.17, 15) is 34.8 Å². The second-order valence-corrected chi connectivity index (χ2v) is 20.3. The minimum Gasteiger partial charge on any atom is -0.507 e. The van der Waals surface area contributed by atoms with Crippen LogP contribution in [0.1, 0.15) is 105 Å². The van der Waals surface area contributed by atoms with E-state index >= 15 is 0 Å². The molecule has 0 saturated carbocycles. The lowest BCUT2D eigenvalue weighted by molar-refractivity contribution is -0.916. The molecule has 5 N–H and O–H groups in total. The van der Waals surface area contributed by atoms with E-state index in [2.05, 4.69) is 24.1 Å². The Morgan fingerprint density at radius 1 is 0.926 bits per heavy atom. The van der Waals surface area contributed by atoms with Crippen molar-refractivity contribution >= 4 is 34.1 Å². The molecule has 0 radical (unpaired) electrons. The minimum absolute atomic E-state index is 0.0390. The topological polar surface area (TPSA) is 209 Å². The van der Waals surface area contributed by atoms with Gasteiger partial charge in [-0.05, 0) is 46.6 Å². The van der Waals surface area contributed by atoms with Crippen molar-refractivity contribution in [2.24, 2.45) is 39.6 Å². The molecule has 5 aliphatic heterocycles. The van der Waals surface area contributed by atoms with Gasteiger partial charge < -0.3 is 54.1 Å². The molecule has 0 unspecified atom stereocenters. The fourth-order valence-electron chi connectivity index (χ4n) is 10.5. The second kappa shape index (κ2) is 20.6. The Bertz CT molecular complexity index is 2460. The summed E-state index contributed by atoms with van der Waals surface area (Å²) in [6.45, 7) is 26.8. The van der Waals surface area contributed by atoms with Gasteiger partial charge in [0.05, 0.1) is 60.5 Å². The number of phenolic OH excluding ortho intramolecular Hbond substituents is 2. The number of likely N-dealkylation sites (N-methyl/N-ethyl adjacent to an activating group) is 1. The molecule has 7 rings (SSSR count). The average molecular weight is 947 g/mol. The third-order valence-corrected chi connectivity index (χ3v) is 15.3. The van der Waals surface area contributed by atoms with Crippen LogP contribution in [0.25, 0.3) is 10.8 Å². The minimum atomic E-state index is -1.97. The quantitative estimate of drug-likeness (QED) is 0.118. The number of aliphatic hydroxyl groups excluding tert-OH is 2. The van der Waals surface area contributed by atoms with Crippen molar-refractivity contribution in [2.45, 2.75) is 132 Å². The fourth-order valence-corrected chi connectivity index (χ4v) is 10.5. The lowest BCUT2D eigenvalue weighted by Gasteiger charge is -2.39. The van der Waals surface area contributed by atoms with Crippen molar-refractivity contribution in [1.29, 1.82) is 0 Å². The van der Waals surface area contributed by atoms with Crippen LogP contribution in [0.15, 0.2) is 46.1 Å².